The molecule has 4 rings (SSSR count). The number of hydrogen-bond donors (Lipinski definition) is 1. The van der Waals surface area contributed by atoms with E-state index in [1.54, 1.807) is 18.4 Å². The van der Waals surface area contributed by atoms with Crippen LogP contribution in [0.4, 0.5) is 4.39 Å². The number of hydrogen-bond acceptors (Lipinski definition) is 4. The van der Waals surface area contributed by atoms with Gasteiger partial charge in [-0.2, -0.15) is 0 Å². The number of rotatable bonds is 4. The average molecular weight is 388 g/mol. The molecule has 27 heavy (non-hydrogen) atoms. The van der Waals surface area contributed by atoms with E-state index in [0.29, 0.717) is 12.4 Å². The predicted molar refractivity (Wildman–Crippen MR) is 106 cm³/mol. The van der Waals surface area contributed by atoms with Gasteiger partial charge in [-0.15, -0.1) is 12.4 Å². The van der Waals surface area contributed by atoms with Crippen molar-refractivity contribution < 1.29 is 8.81 Å². The maximum Gasteiger partial charge on any atom is 0.226 e. The van der Waals surface area contributed by atoms with Crippen LogP contribution >= 0.6 is 12.4 Å². The average Bonchev–Trinajstić information content (AvgIpc) is 3.11. The largest absolute Gasteiger partial charge is 0.444 e. The Bertz CT molecular complexity index is 881. The highest BCUT2D eigenvalue weighted by Crippen LogP contribution is 2.26. The smallest absolute Gasteiger partial charge is 0.226 e. The van der Waals surface area contributed by atoms with Crippen LogP contribution in [0.1, 0.15) is 22.9 Å². The minimum absolute atomic E-state index is 0. The van der Waals surface area contributed by atoms with Gasteiger partial charge in [0, 0.05) is 37.8 Å². The number of aromatic nitrogens is 1. The molecule has 1 unspecified atom stereocenters. The molecule has 0 amide bonds. The van der Waals surface area contributed by atoms with Gasteiger partial charge in [0.2, 0.25) is 5.89 Å². The van der Waals surface area contributed by atoms with Crippen LogP contribution < -0.4 is 5.32 Å². The van der Waals surface area contributed by atoms with Gasteiger partial charge in [-0.05, 0) is 36.8 Å². The molecule has 1 aliphatic heterocycles. The molecule has 2 aromatic carbocycles. The van der Waals surface area contributed by atoms with E-state index in [1.807, 2.05) is 18.2 Å². The van der Waals surface area contributed by atoms with Crippen LogP contribution in [0.15, 0.2) is 59.2 Å². The molecule has 0 spiro atoms. The molecular formula is C21H23ClFN3O. The van der Waals surface area contributed by atoms with Gasteiger partial charge in [0.05, 0.1) is 5.69 Å². The standard InChI is InChI=1S/C21H22FN3O.ClH/c1-15-5-7-16(8-6-15)21-24-19(14-26-21)13-25-10-9-23-12-20(25)17-3-2-4-18(22)11-17;/h2-8,11,14,20,23H,9-10,12-13H2,1H3;1H. The first-order chi connectivity index (χ1) is 12.7. The van der Waals surface area contributed by atoms with E-state index in [9.17, 15) is 4.39 Å². The van der Waals surface area contributed by atoms with E-state index in [4.69, 9.17) is 4.42 Å². The fraction of sp³-hybridized carbons (Fsp3) is 0.286. The molecule has 142 valence electrons. The molecule has 1 saturated heterocycles. The molecule has 0 radical (unpaired) electrons. The Hall–Kier alpha value is -2.21. The summed E-state index contributed by atoms with van der Waals surface area (Å²) in [5, 5.41) is 3.40. The van der Waals surface area contributed by atoms with E-state index in [0.717, 1.165) is 36.5 Å². The quantitative estimate of drug-likeness (QED) is 0.722. The van der Waals surface area contributed by atoms with E-state index in [-0.39, 0.29) is 24.3 Å². The van der Waals surface area contributed by atoms with Gasteiger partial charge < -0.3 is 9.73 Å². The topological polar surface area (TPSA) is 41.3 Å². The fourth-order valence-electron chi connectivity index (χ4n) is 3.39. The molecule has 0 saturated carbocycles. The second kappa shape index (κ2) is 8.65. The third kappa shape index (κ3) is 4.56. The predicted octanol–water partition coefficient (Wildman–Crippen LogP) is 4.36. The summed E-state index contributed by atoms with van der Waals surface area (Å²) in [6.07, 6.45) is 1.72. The van der Waals surface area contributed by atoms with Crippen LogP contribution in [-0.4, -0.2) is 29.5 Å². The number of halogens is 2. The van der Waals surface area contributed by atoms with Crippen LogP contribution in [0.25, 0.3) is 11.5 Å². The van der Waals surface area contributed by atoms with Gasteiger partial charge in [-0.25, -0.2) is 9.37 Å². The van der Waals surface area contributed by atoms with Crippen LogP contribution in [0.2, 0.25) is 0 Å². The molecule has 0 aliphatic carbocycles. The van der Waals surface area contributed by atoms with Gasteiger partial charge in [-0.1, -0.05) is 29.8 Å². The van der Waals surface area contributed by atoms with Gasteiger partial charge in [0.1, 0.15) is 12.1 Å². The van der Waals surface area contributed by atoms with Gasteiger partial charge in [0.25, 0.3) is 0 Å². The number of piperazine rings is 1. The third-order valence-electron chi connectivity index (χ3n) is 4.80. The highest BCUT2D eigenvalue weighted by atomic mass is 35.5. The summed E-state index contributed by atoms with van der Waals surface area (Å²) >= 11 is 0. The number of nitrogens with zero attached hydrogens (tertiary/aromatic N) is 2. The lowest BCUT2D eigenvalue weighted by Gasteiger charge is -2.36. The lowest BCUT2D eigenvalue weighted by Crippen LogP contribution is -2.45. The summed E-state index contributed by atoms with van der Waals surface area (Å²) in [7, 11) is 0. The Balaban J connectivity index is 0.00000210. The molecule has 1 fully saturated rings. The first kappa shape index (κ1) is 19.5. The van der Waals surface area contributed by atoms with Crippen molar-refractivity contribution in [2.45, 2.75) is 19.5 Å². The number of aryl methyl sites for hydroxylation is 1. The zero-order chi connectivity index (χ0) is 17.9. The molecule has 1 atom stereocenters. The maximum absolute atomic E-state index is 13.6. The summed E-state index contributed by atoms with van der Waals surface area (Å²) in [6.45, 7) is 5.33. The second-order valence-electron chi connectivity index (χ2n) is 6.76. The van der Waals surface area contributed by atoms with Crippen LogP contribution in [0.3, 0.4) is 0 Å². The Morgan fingerprint density at radius 1 is 1.22 bits per heavy atom. The van der Waals surface area contributed by atoms with Crippen molar-refractivity contribution in [2.75, 3.05) is 19.6 Å². The molecule has 6 heteroatoms. The fourth-order valence-corrected chi connectivity index (χ4v) is 3.39. The Morgan fingerprint density at radius 2 is 2.04 bits per heavy atom. The van der Waals surface area contributed by atoms with Crippen molar-refractivity contribution >= 4 is 12.4 Å². The van der Waals surface area contributed by atoms with Crippen molar-refractivity contribution in [1.29, 1.82) is 0 Å². The van der Waals surface area contributed by atoms with Gasteiger partial charge >= 0.3 is 0 Å². The maximum atomic E-state index is 13.6. The lowest BCUT2D eigenvalue weighted by atomic mass is 10.0. The minimum atomic E-state index is -0.198. The van der Waals surface area contributed by atoms with Crippen LogP contribution in [-0.2, 0) is 6.54 Å². The van der Waals surface area contributed by atoms with Crippen LogP contribution in [0.5, 0.6) is 0 Å². The summed E-state index contributed by atoms with van der Waals surface area (Å²) in [4.78, 5) is 6.97. The first-order valence-corrected chi connectivity index (χ1v) is 8.91. The summed E-state index contributed by atoms with van der Waals surface area (Å²) in [5.41, 5.74) is 4.06. The van der Waals surface area contributed by atoms with Crippen molar-refractivity contribution in [3.63, 3.8) is 0 Å². The molecule has 2 heterocycles. The van der Waals surface area contributed by atoms with Gasteiger partial charge in [-0.3, -0.25) is 4.90 Å². The minimum Gasteiger partial charge on any atom is -0.444 e. The highest BCUT2D eigenvalue weighted by molar-refractivity contribution is 5.85. The molecular weight excluding hydrogens is 365 g/mol. The van der Waals surface area contributed by atoms with Crippen LogP contribution in [0, 0.1) is 12.7 Å². The number of benzene rings is 2. The molecule has 3 aromatic rings. The molecule has 1 aliphatic rings. The molecule has 0 bridgehead atoms. The monoisotopic (exact) mass is 387 g/mol. The molecule has 1 N–H and O–H groups in total. The van der Waals surface area contributed by atoms with E-state index >= 15 is 0 Å². The Morgan fingerprint density at radius 3 is 2.81 bits per heavy atom. The van der Waals surface area contributed by atoms with E-state index in [2.05, 4.69) is 34.3 Å². The zero-order valence-corrected chi connectivity index (χ0v) is 16.0. The Labute approximate surface area is 164 Å². The van der Waals surface area contributed by atoms with Crippen molar-refractivity contribution in [3.8, 4) is 11.5 Å². The highest BCUT2D eigenvalue weighted by Gasteiger charge is 2.25. The molecule has 1 aromatic heterocycles. The third-order valence-corrected chi connectivity index (χ3v) is 4.80. The van der Waals surface area contributed by atoms with Gasteiger partial charge in [0.15, 0.2) is 0 Å². The molecule has 4 nitrogen and oxygen atoms in total. The second-order valence-corrected chi connectivity index (χ2v) is 6.76. The van der Waals surface area contributed by atoms with Crippen molar-refractivity contribution in [2.24, 2.45) is 0 Å². The number of nitrogens with one attached hydrogen (secondary N) is 1. The first-order valence-electron chi connectivity index (χ1n) is 8.91. The van der Waals surface area contributed by atoms with Crippen molar-refractivity contribution in [1.82, 2.24) is 15.2 Å². The normalized spacial score (nSPS) is 17.5. The Kier molecular flexibility index (Phi) is 6.26. The SMILES string of the molecule is Cc1ccc(-c2nc(CN3CCNCC3c3cccc(F)c3)co2)cc1.Cl. The summed E-state index contributed by atoms with van der Waals surface area (Å²) in [6, 6.07) is 15.1. The lowest BCUT2D eigenvalue weighted by molar-refractivity contribution is 0.151. The van der Waals surface area contributed by atoms with E-state index in [1.165, 1.54) is 11.6 Å². The number of oxazole rings is 1. The van der Waals surface area contributed by atoms with Crippen molar-refractivity contribution in [3.05, 3.63) is 77.4 Å². The van der Waals surface area contributed by atoms with E-state index < -0.39 is 0 Å². The zero-order valence-electron chi connectivity index (χ0n) is 15.2. The summed E-state index contributed by atoms with van der Waals surface area (Å²) < 4.78 is 19.3. The summed E-state index contributed by atoms with van der Waals surface area (Å²) in [5.74, 6) is 0.438.